The van der Waals surface area contributed by atoms with E-state index < -0.39 is 10.0 Å². The van der Waals surface area contributed by atoms with E-state index in [0.717, 1.165) is 6.54 Å². The summed E-state index contributed by atoms with van der Waals surface area (Å²) in [6.45, 7) is 0.941. The maximum atomic E-state index is 13.5. The van der Waals surface area contributed by atoms with Gasteiger partial charge in [-0.2, -0.15) is 0 Å². The summed E-state index contributed by atoms with van der Waals surface area (Å²) in [4.78, 5) is 27.9. The Morgan fingerprint density at radius 3 is 2.66 bits per heavy atom. The van der Waals surface area contributed by atoms with Crippen molar-refractivity contribution in [2.45, 2.75) is 74.5 Å². The van der Waals surface area contributed by atoms with Gasteiger partial charge in [-0.05, 0) is 61.9 Å². The number of ether oxygens (including phenoxy) is 3. The van der Waals surface area contributed by atoms with Crippen LogP contribution in [0.3, 0.4) is 0 Å². The fourth-order valence-corrected chi connectivity index (χ4v) is 7.09. The zero-order chi connectivity index (χ0) is 29.0. The second-order valence-corrected chi connectivity index (χ2v) is 12.9. The minimum Gasteiger partial charge on any atom is -0.497 e. The lowest BCUT2D eigenvalue weighted by Gasteiger charge is -2.42. The molecule has 2 amide bonds. The normalized spacial score (nSPS) is 23.3. The van der Waals surface area contributed by atoms with Gasteiger partial charge in [0.1, 0.15) is 24.2 Å². The minimum atomic E-state index is -3.91. The molecule has 2 aromatic rings. The summed E-state index contributed by atoms with van der Waals surface area (Å²) in [6.07, 6.45) is 7.14. The van der Waals surface area contributed by atoms with E-state index in [-0.39, 0.29) is 52.8 Å². The summed E-state index contributed by atoms with van der Waals surface area (Å²) in [5.41, 5.74) is 0.509. The molecule has 2 aromatic carbocycles. The number of sulfonamides is 1. The SMILES string of the molecule is COc1cccc(S(=O)(=O)Nc2ccc3c(c2)C(=O)N(C)[C@@H]2CC[C@@H](CC(=O)NCC4CCCCC4)O[C@H]2CO3)c1. The van der Waals surface area contributed by atoms with E-state index in [4.69, 9.17) is 14.2 Å². The van der Waals surface area contributed by atoms with Crippen LogP contribution >= 0.6 is 0 Å². The summed E-state index contributed by atoms with van der Waals surface area (Å²) >= 11 is 0. The molecule has 1 aliphatic carbocycles. The number of carbonyl (C=O) groups excluding carboxylic acids is 2. The molecule has 11 heteroatoms. The number of carbonyl (C=O) groups is 2. The number of nitrogens with zero attached hydrogens (tertiary/aromatic N) is 1. The third-order valence-corrected chi connectivity index (χ3v) is 9.72. The molecule has 0 spiro atoms. The fourth-order valence-electron chi connectivity index (χ4n) is 6.00. The Morgan fingerprint density at radius 1 is 1.07 bits per heavy atom. The third-order valence-electron chi connectivity index (χ3n) is 8.34. The number of rotatable bonds is 8. The zero-order valence-corrected chi connectivity index (χ0v) is 24.5. The van der Waals surface area contributed by atoms with Gasteiger partial charge in [-0.1, -0.05) is 25.3 Å². The van der Waals surface area contributed by atoms with Crippen LogP contribution in [0.5, 0.6) is 11.5 Å². The van der Waals surface area contributed by atoms with E-state index in [1.807, 2.05) is 0 Å². The van der Waals surface area contributed by atoms with E-state index in [1.165, 1.54) is 57.4 Å². The first-order valence-corrected chi connectivity index (χ1v) is 15.8. The Balaban J connectivity index is 1.23. The lowest BCUT2D eigenvalue weighted by Crippen LogP contribution is -2.54. The quantitative estimate of drug-likeness (QED) is 0.481. The first-order chi connectivity index (χ1) is 19.7. The molecule has 0 radical (unpaired) electrons. The van der Waals surface area contributed by atoms with Crippen LogP contribution in [0.15, 0.2) is 47.4 Å². The second kappa shape index (κ2) is 12.7. The molecular weight excluding hydrogens is 546 g/mol. The Labute approximate surface area is 241 Å². The lowest BCUT2D eigenvalue weighted by molar-refractivity contribution is -0.134. The van der Waals surface area contributed by atoms with Crippen molar-refractivity contribution in [2.75, 3.05) is 32.0 Å². The molecule has 3 atom stereocenters. The number of anilines is 1. The second-order valence-electron chi connectivity index (χ2n) is 11.2. The Hall–Kier alpha value is -3.31. The van der Waals surface area contributed by atoms with Crippen molar-refractivity contribution in [3.63, 3.8) is 0 Å². The molecule has 2 aliphatic heterocycles. The largest absolute Gasteiger partial charge is 0.497 e. The van der Waals surface area contributed by atoms with Gasteiger partial charge in [-0.3, -0.25) is 14.3 Å². The Bertz CT molecular complexity index is 1360. The highest BCUT2D eigenvalue weighted by Gasteiger charge is 2.39. The van der Waals surface area contributed by atoms with Gasteiger partial charge in [0.25, 0.3) is 15.9 Å². The zero-order valence-electron chi connectivity index (χ0n) is 23.6. The van der Waals surface area contributed by atoms with Gasteiger partial charge >= 0.3 is 0 Å². The van der Waals surface area contributed by atoms with Gasteiger partial charge in [0.05, 0.1) is 36.1 Å². The molecule has 222 valence electrons. The third kappa shape index (κ3) is 6.95. The first-order valence-electron chi connectivity index (χ1n) is 14.4. The number of benzene rings is 2. The molecule has 41 heavy (non-hydrogen) atoms. The highest BCUT2D eigenvalue weighted by atomic mass is 32.2. The smallest absolute Gasteiger partial charge is 0.262 e. The van der Waals surface area contributed by atoms with Crippen LogP contribution in [0, 0.1) is 5.92 Å². The number of amides is 2. The highest BCUT2D eigenvalue weighted by molar-refractivity contribution is 7.92. The maximum Gasteiger partial charge on any atom is 0.262 e. The molecule has 1 saturated carbocycles. The van der Waals surface area contributed by atoms with Gasteiger partial charge in [-0.15, -0.1) is 0 Å². The summed E-state index contributed by atoms with van der Waals surface area (Å²) in [5, 5.41) is 3.09. The van der Waals surface area contributed by atoms with Crippen molar-refractivity contribution < 1.29 is 32.2 Å². The monoisotopic (exact) mass is 585 g/mol. The van der Waals surface area contributed by atoms with Crippen LogP contribution in [-0.4, -0.2) is 70.7 Å². The average molecular weight is 586 g/mol. The van der Waals surface area contributed by atoms with Crippen LogP contribution in [0.25, 0.3) is 0 Å². The van der Waals surface area contributed by atoms with Gasteiger partial charge in [0.15, 0.2) is 0 Å². The van der Waals surface area contributed by atoms with Gasteiger partial charge in [0, 0.05) is 25.3 Å². The maximum absolute atomic E-state index is 13.5. The van der Waals surface area contributed by atoms with Crippen LogP contribution < -0.4 is 19.5 Å². The molecule has 0 bridgehead atoms. The number of methoxy groups -OCH3 is 1. The average Bonchev–Trinajstić information content (AvgIpc) is 2.98. The van der Waals surface area contributed by atoms with E-state index in [1.54, 1.807) is 36.2 Å². The molecule has 2 N–H and O–H groups in total. The van der Waals surface area contributed by atoms with Gasteiger partial charge in [-0.25, -0.2) is 8.42 Å². The van der Waals surface area contributed by atoms with Crippen LogP contribution in [0.4, 0.5) is 5.69 Å². The molecular formula is C30H39N3O7S. The molecule has 0 unspecified atom stereocenters. The summed E-state index contributed by atoms with van der Waals surface area (Å²) in [6, 6.07) is 10.6. The Kier molecular flexibility index (Phi) is 9.03. The van der Waals surface area contributed by atoms with Crippen LogP contribution in [0.2, 0.25) is 0 Å². The van der Waals surface area contributed by atoms with Crippen molar-refractivity contribution in [3.05, 3.63) is 48.0 Å². The number of hydrogen-bond acceptors (Lipinski definition) is 7. The Morgan fingerprint density at radius 2 is 1.88 bits per heavy atom. The van der Waals surface area contributed by atoms with Crippen molar-refractivity contribution in [2.24, 2.45) is 5.92 Å². The number of nitrogens with one attached hydrogen (secondary N) is 2. The van der Waals surface area contributed by atoms with Crippen molar-refractivity contribution in [1.82, 2.24) is 10.2 Å². The van der Waals surface area contributed by atoms with Crippen molar-refractivity contribution in [1.29, 1.82) is 0 Å². The number of likely N-dealkylation sites (N-methyl/N-ethyl adjacent to an activating group) is 1. The topological polar surface area (TPSA) is 123 Å². The number of hydrogen-bond donors (Lipinski definition) is 2. The van der Waals surface area contributed by atoms with Crippen LogP contribution in [-0.2, 0) is 19.6 Å². The molecule has 1 saturated heterocycles. The lowest BCUT2D eigenvalue weighted by atomic mass is 9.89. The van der Waals surface area contributed by atoms with E-state index in [2.05, 4.69) is 10.0 Å². The first kappa shape index (κ1) is 29.2. The fraction of sp³-hybridized carbons (Fsp3) is 0.533. The van der Waals surface area contributed by atoms with Gasteiger partial charge < -0.3 is 24.4 Å². The predicted octanol–water partition coefficient (Wildman–Crippen LogP) is 3.96. The summed E-state index contributed by atoms with van der Waals surface area (Å²) in [5.74, 6) is 1.05. The molecule has 5 rings (SSSR count). The standard InChI is InChI=1S/C30H39N3O7S/c1-33-26-13-12-23(17-29(34)31-18-20-7-4-3-5-8-20)40-28(26)19-39-27-14-11-21(15-25(27)30(33)35)32-41(36,37)24-10-6-9-22(16-24)38-2/h6,9-11,14-16,20,23,26,28,32H,3-5,7-8,12-13,17-19H2,1-2H3,(H,31,34)/t23-,26+,28-/m0/s1. The molecule has 0 aromatic heterocycles. The van der Waals surface area contributed by atoms with Crippen molar-refractivity contribution in [3.8, 4) is 11.5 Å². The van der Waals surface area contributed by atoms with E-state index in [9.17, 15) is 18.0 Å². The summed E-state index contributed by atoms with van der Waals surface area (Å²) < 4.78 is 46.0. The molecule has 10 nitrogen and oxygen atoms in total. The molecule has 2 fully saturated rings. The molecule has 2 heterocycles. The van der Waals surface area contributed by atoms with E-state index >= 15 is 0 Å². The van der Waals surface area contributed by atoms with E-state index in [0.29, 0.717) is 36.7 Å². The van der Waals surface area contributed by atoms with Gasteiger partial charge in [0.2, 0.25) is 5.91 Å². The van der Waals surface area contributed by atoms with Crippen LogP contribution in [0.1, 0.15) is 61.7 Å². The predicted molar refractivity (Wildman–Crippen MR) is 154 cm³/mol. The molecule has 3 aliphatic rings. The minimum absolute atomic E-state index is 0.00416. The highest BCUT2D eigenvalue weighted by Crippen LogP contribution is 2.33. The number of fused-ring (bicyclic) bond motifs is 2. The van der Waals surface area contributed by atoms with Crippen molar-refractivity contribution >= 4 is 27.5 Å². The summed E-state index contributed by atoms with van der Waals surface area (Å²) in [7, 11) is -0.723.